The molecule has 0 aliphatic carbocycles. The smallest absolute Gasteiger partial charge is 0.180 e. The molecule has 3 nitrogen and oxygen atoms in total. The van der Waals surface area contributed by atoms with E-state index < -0.39 is 0 Å². The Kier molecular flexibility index (Phi) is 7.07. The van der Waals surface area contributed by atoms with Crippen LogP contribution < -0.4 is 14.8 Å². The number of aryl methyl sites for hydroxylation is 1. The lowest BCUT2D eigenvalue weighted by atomic mass is 10.1. The highest BCUT2D eigenvalue weighted by Gasteiger charge is 2.12. The molecule has 1 N–H and O–H groups in total. The van der Waals surface area contributed by atoms with Crippen LogP contribution in [0.2, 0.25) is 10.0 Å². The molecule has 3 rings (SSSR count). The van der Waals surface area contributed by atoms with E-state index in [-0.39, 0.29) is 0 Å². The zero-order valence-corrected chi connectivity index (χ0v) is 17.5. The highest BCUT2D eigenvalue weighted by molar-refractivity contribution is 6.32. The standard InChI is InChI=1S/C23H23Cl2NO2/c1-3-16-6-10-20(11-7-16)26-14-18-12-21(25)23(22(13-18)27-2)28-15-17-4-8-19(24)9-5-17/h4-13,26H,3,14-15H2,1-2H3. The van der Waals surface area contributed by atoms with Gasteiger partial charge in [0.1, 0.15) is 6.61 Å². The van der Waals surface area contributed by atoms with E-state index in [4.69, 9.17) is 32.7 Å². The van der Waals surface area contributed by atoms with Gasteiger partial charge in [0.05, 0.1) is 12.1 Å². The summed E-state index contributed by atoms with van der Waals surface area (Å²) in [5.41, 5.74) is 4.40. The molecule has 0 aliphatic rings. The molecule has 0 spiro atoms. The fourth-order valence-electron chi connectivity index (χ4n) is 2.81. The molecular weight excluding hydrogens is 393 g/mol. The molecule has 0 aliphatic heterocycles. The Morgan fingerprint density at radius 1 is 0.857 bits per heavy atom. The Labute approximate surface area is 176 Å². The van der Waals surface area contributed by atoms with E-state index in [2.05, 4.69) is 36.5 Å². The number of hydrogen-bond donors (Lipinski definition) is 1. The van der Waals surface area contributed by atoms with Crippen molar-refractivity contribution in [1.82, 2.24) is 0 Å². The average molecular weight is 416 g/mol. The van der Waals surface area contributed by atoms with Crippen LogP contribution in [0.25, 0.3) is 0 Å². The maximum atomic E-state index is 6.47. The third kappa shape index (κ3) is 5.34. The summed E-state index contributed by atoms with van der Waals surface area (Å²) >= 11 is 12.4. The topological polar surface area (TPSA) is 30.5 Å². The number of hydrogen-bond acceptors (Lipinski definition) is 3. The largest absolute Gasteiger partial charge is 0.493 e. The van der Waals surface area contributed by atoms with E-state index in [1.165, 1.54) is 5.56 Å². The van der Waals surface area contributed by atoms with Crippen molar-refractivity contribution in [3.63, 3.8) is 0 Å². The van der Waals surface area contributed by atoms with Crippen LogP contribution in [-0.2, 0) is 19.6 Å². The van der Waals surface area contributed by atoms with E-state index >= 15 is 0 Å². The summed E-state index contributed by atoms with van der Waals surface area (Å²) in [6.07, 6.45) is 1.03. The van der Waals surface area contributed by atoms with Crippen molar-refractivity contribution in [1.29, 1.82) is 0 Å². The molecule has 0 aromatic heterocycles. The summed E-state index contributed by atoms with van der Waals surface area (Å²) in [5, 5.41) is 4.62. The molecule has 0 bridgehead atoms. The van der Waals surface area contributed by atoms with Crippen LogP contribution in [0.4, 0.5) is 5.69 Å². The van der Waals surface area contributed by atoms with Crippen molar-refractivity contribution in [2.75, 3.05) is 12.4 Å². The lowest BCUT2D eigenvalue weighted by molar-refractivity contribution is 0.284. The second-order valence-corrected chi connectivity index (χ2v) is 7.27. The van der Waals surface area contributed by atoms with Gasteiger partial charge >= 0.3 is 0 Å². The lowest BCUT2D eigenvalue weighted by Gasteiger charge is -2.15. The van der Waals surface area contributed by atoms with E-state index in [0.29, 0.717) is 34.7 Å². The summed E-state index contributed by atoms with van der Waals surface area (Å²) in [4.78, 5) is 0. The summed E-state index contributed by atoms with van der Waals surface area (Å²) in [5.74, 6) is 1.15. The molecular formula is C23H23Cl2NO2. The highest BCUT2D eigenvalue weighted by atomic mass is 35.5. The van der Waals surface area contributed by atoms with Crippen LogP contribution in [0.5, 0.6) is 11.5 Å². The predicted octanol–water partition coefficient (Wildman–Crippen LogP) is 6.76. The summed E-state index contributed by atoms with van der Waals surface area (Å²) in [6, 6.07) is 19.8. The van der Waals surface area contributed by atoms with Gasteiger partial charge in [-0.3, -0.25) is 0 Å². The van der Waals surface area contributed by atoms with Crippen molar-refractivity contribution in [3.8, 4) is 11.5 Å². The molecule has 0 unspecified atom stereocenters. The first-order valence-electron chi connectivity index (χ1n) is 9.15. The zero-order valence-electron chi connectivity index (χ0n) is 16.0. The summed E-state index contributed by atoms with van der Waals surface area (Å²) < 4.78 is 11.4. The quantitative estimate of drug-likeness (QED) is 0.440. The Morgan fingerprint density at radius 3 is 2.18 bits per heavy atom. The first kappa shape index (κ1) is 20.4. The van der Waals surface area contributed by atoms with E-state index in [0.717, 1.165) is 23.2 Å². The van der Waals surface area contributed by atoms with Gasteiger partial charge in [-0.25, -0.2) is 0 Å². The van der Waals surface area contributed by atoms with Crippen molar-refractivity contribution >= 4 is 28.9 Å². The van der Waals surface area contributed by atoms with Gasteiger partial charge in [0, 0.05) is 17.3 Å². The first-order chi connectivity index (χ1) is 13.6. The lowest BCUT2D eigenvalue weighted by Crippen LogP contribution is -2.02. The third-order valence-corrected chi connectivity index (χ3v) is 4.98. The van der Waals surface area contributed by atoms with Gasteiger partial charge in [-0.05, 0) is 59.5 Å². The van der Waals surface area contributed by atoms with Gasteiger partial charge in [-0.2, -0.15) is 0 Å². The van der Waals surface area contributed by atoms with Gasteiger partial charge < -0.3 is 14.8 Å². The Balaban J connectivity index is 1.68. The monoisotopic (exact) mass is 415 g/mol. The molecule has 146 valence electrons. The van der Waals surface area contributed by atoms with Gasteiger partial charge in [-0.15, -0.1) is 0 Å². The van der Waals surface area contributed by atoms with Crippen LogP contribution >= 0.6 is 23.2 Å². The third-order valence-electron chi connectivity index (χ3n) is 4.44. The minimum atomic E-state index is 0.384. The van der Waals surface area contributed by atoms with Crippen molar-refractivity contribution in [3.05, 3.63) is 87.4 Å². The fourth-order valence-corrected chi connectivity index (χ4v) is 3.23. The van der Waals surface area contributed by atoms with Crippen molar-refractivity contribution in [2.24, 2.45) is 0 Å². The van der Waals surface area contributed by atoms with E-state index in [9.17, 15) is 0 Å². The van der Waals surface area contributed by atoms with Crippen LogP contribution in [-0.4, -0.2) is 7.11 Å². The van der Waals surface area contributed by atoms with Crippen molar-refractivity contribution in [2.45, 2.75) is 26.5 Å². The molecule has 0 heterocycles. The molecule has 0 fully saturated rings. The molecule has 0 atom stereocenters. The van der Waals surface area contributed by atoms with E-state index in [1.54, 1.807) is 7.11 Å². The van der Waals surface area contributed by atoms with Crippen LogP contribution in [0, 0.1) is 0 Å². The van der Waals surface area contributed by atoms with Crippen LogP contribution in [0.1, 0.15) is 23.6 Å². The average Bonchev–Trinajstić information content (AvgIpc) is 2.72. The van der Waals surface area contributed by atoms with Gasteiger partial charge in [-0.1, -0.05) is 54.4 Å². The molecule has 28 heavy (non-hydrogen) atoms. The zero-order chi connectivity index (χ0) is 19.9. The number of rotatable bonds is 8. The van der Waals surface area contributed by atoms with Crippen molar-refractivity contribution < 1.29 is 9.47 Å². The Hall–Kier alpha value is -2.36. The number of ether oxygens (including phenoxy) is 2. The molecule has 3 aromatic rings. The Bertz CT molecular complexity index is 909. The van der Waals surface area contributed by atoms with Gasteiger partial charge in [0.2, 0.25) is 0 Å². The van der Waals surface area contributed by atoms with Crippen LogP contribution in [0.15, 0.2) is 60.7 Å². The SMILES string of the molecule is CCc1ccc(NCc2cc(Cl)c(OCc3ccc(Cl)cc3)c(OC)c2)cc1. The maximum Gasteiger partial charge on any atom is 0.180 e. The second kappa shape index (κ2) is 9.72. The molecule has 0 radical (unpaired) electrons. The minimum absolute atomic E-state index is 0.384. The molecule has 5 heteroatoms. The molecule has 0 amide bonds. The number of nitrogens with one attached hydrogen (secondary N) is 1. The van der Waals surface area contributed by atoms with Gasteiger partial charge in [0.15, 0.2) is 11.5 Å². The first-order valence-corrected chi connectivity index (χ1v) is 9.91. The molecule has 3 aromatic carbocycles. The number of anilines is 1. The van der Waals surface area contributed by atoms with Crippen LogP contribution in [0.3, 0.4) is 0 Å². The maximum absolute atomic E-state index is 6.47. The van der Waals surface area contributed by atoms with E-state index in [1.807, 2.05) is 36.4 Å². The molecule has 0 saturated heterocycles. The highest BCUT2D eigenvalue weighted by Crippen LogP contribution is 2.37. The fraction of sp³-hybridized carbons (Fsp3) is 0.217. The number of benzene rings is 3. The number of methoxy groups -OCH3 is 1. The summed E-state index contributed by atoms with van der Waals surface area (Å²) in [6.45, 7) is 3.17. The predicted molar refractivity (Wildman–Crippen MR) is 117 cm³/mol. The van der Waals surface area contributed by atoms with Gasteiger partial charge in [0.25, 0.3) is 0 Å². The Morgan fingerprint density at radius 2 is 1.54 bits per heavy atom. The summed E-state index contributed by atoms with van der Waals surface area (Å²) in [7, 11) is 1.61. The number of halogens is 2. The molecule has 0 saturated carbocycles. The second-order valence-electron chi connectivity index (χ2n) is 6.43. The minimum Gasteiger partial charge on any atom is -0.493 e. The normalized spacial score (nSPS) is 10.6.